The van der Waals surface area contributed by atoms with E-state index in [1.165, 1.54) is 0 Å². The van der Waals surface area contributed by atoms with Crippen molar-refractivity contribution < 1.29 is 0 Å². The van der Waals surface area contributed by atoms with Crippen molar-refractivity contribution in [2.45, 2.75) is 39.8 Å². The Kier molecular flexibility index (Phi) is 12.5. The van der Waals surface area contributed by atoms with E-state index in [1.54, 1.807) is 0 Å². The molecule has 0 saturated heterocycles. The molecular weight excluding hydrogens is 542 g/mol. The minimum absolute atomic E-state index is 0. The van der Waals surface area contributed by atoms with E-state index in [9.17, 15) is 0 Å². The standard InChI is InChI=1S/C24H28Cl2N4.HI/c1-17(2)27-24(28-18(3)4)30-29-23(15-9-19-5-11-21(25)12-6-19)16-10-20-7-13-22(26)14-8-20;/h5-18H,1-4H3,(H2,27,28,30);1H. The average Bonchev–Trinajstić information content (AvgIpc) is 2.69. The van der Waals surface area contributed by atoms with Crippen LogP contribution in [0.25, 0.3) is 12.2 Å². The molecule has 0 atom stereocenters. The largest absolute Gasteiger partial charge is 0.353 e. The van der Waals surface area contributed by atoms with Crippen LogP contribution in [0.3, 0.4) is 0 Å². The first-order valence-electron chi connectivity index (χ1n) is 9.87. The fourth-order valence-electron chi connectivity index (χ4n) is 2.39. The molecule has 0 aliphatic heterocycles. The van der Waals surface area contributed by atoms with Crippen molar-refractivity contribution in [3.8, 4) is 0 Å². The zero-order chi connectivity index (χ0) is 21.9. The molecule has 0 aliphatic rings. The topological polar surface area (TPSA) is 48.8 Å². The van der Waals surface area contributed by atoms with Gasteiger partial charge in [-0.05, 0) is 75.2 Å². The molecule has 2 aromatic rings. The monoisotopic (exact) mass is 570 g/mol. The van der Waals surface area contributed by atoms with Gasteiger partial charge in [-0.1, -0.05) is 59.6 Å². The van der Waals surface area contributed by atoms with Crippen LogP contribution in [-0.4, -0.2) is 23.8 Å². The van der Waals surface area contributed by atoms with Crippen molar-refractivity contribution in [3.63, 3.8) is 0 Å². The Morgan fingerprint density at radius 3 is 1.65 bits per heavy atom. The molecule has 0 radical (unpaired) electrons. The van der Waals surface area contributed by atoms with Crippen molar-refractivity contribution >= 4 is 71.0 Å². The molecule has 0 aromatic heterocycles. The number of hydrogen-bond acceptors (Lipinski definition) is 2. The van der Waals surface area contributed by atoms with E-state index in [0.29, 0.717) is 16.0 Å². The van der Waals surface area contributed by atoms with Gasteiger partial charge in [0.15, 0.2) is 0 Å². The number of nitrogens with one attached hydrogen (secondary N) is 2. The summed E-state index contributed by atoms with van der Waals surface area (Å²) < 4.78 is 0. The van der Waals surface area contributed by atoms with E-state index < -0.39 is 0 Å². The van der Waals surface area contributed by atoms with E-state index in [0.717, 1.165) is 16.8 Å². The minimum Gasteiger partial charge on any atom is -0.353 e. The molecule has 0 fully saturated rings. The van der Waals surface area contributed by atoms with Crippen LogP contribution in [0, 0.1) is 0 Å². The van der Waals surface area contributed by atoms with Gasteiger partial charge in [0.1, 0.15) is 0 Å². The van der Waals surface area contributed by atoms with Gasteiger partial charge < -0.3 is 5.32 Å². The second-order valence-electron chi connectivity index (χ2n) is 7.29. The summed E-state index contributed by atoms with van der Waals surface area (Å²) in [5, 5.41) is 9.24. The molecule has 0 unspecified atom stereocenters. The summed E-state index contributed by atoms with van der Waals surface area (Å²) in [6.45, 7) is 8.16. The number of hydrogen-bond donors (Lipinski definition) is 2. The molecule has 2 N–H and O–H groups in total. The summed E-state index contributed by atoms with van der Waals surface area (Å²) >= 11 is 11.9. The van der Waals surface area contributed by atoms with Gasteiger partial charge in [-0.15, -0.1) is 24.0 Å². The third kappa shape index (κ3) is 11.4. The predicted octanol–water partition coefficient (Wildman–Crippen LogP) is 7.05. The second kappa shape index (κ2) is 14.3. The van der Waals surface area contributed by atoms with Gasteiger partial charge in [0.2, 0.25) is 5.96 Å². The van der Waals surface area contributed by atoms with E-state index in [1.807, 2.05) is 86.7 Å². The Morgan fingerprint density at radius 2 is 1.26 bits per heavy atom. The van der Waals surface area contributed by atoms with Crippen molar-refractivity contribution in [1.29, 1.82) is 0 Å². The highest BCUT2D eigenvalue weighted by Gasteiger charge is 2.02. The maximum absolute atomic E-state index is 5.97. The Balaban J connectivity index is 0.00000480. The quantitative estimate of drug-likeness (QED) is 0.162. The molecule has 0 heterocycles. The lowest BCUT2D eigenvalue weighted by Crippen LogP contribution is -2.39. The lowest BCUT2D eigenvalue weighted by molar-refractivity contribution is 0.692. The Morgan fingerprint density at radius 1 is 0.806 bits per heavy atom. The van der Waals surface area contributed by atoms with Gasteiger partial charge in [-0.25, -0.2) is 10.4 Å². The number of benzene rings is 2. The Hall–Kier alpha value is -1.83. The summed E-state index contributed by atoms with van der Waals surface area (Å²) in [4.78, 5) is 4.55. The van der Waals surface area contributed by atoms with Crippen molar-refractivity contribution in [1.82, 2.24) is 10.7 Å². The van der Waals surface area contributed by atoms with Gasteiger partial charge in [-0.3, -0.25) is 0 Å². The zero-order valence-corrected chi connectivity index (χ0v) is 22.0. The number of nitrogens with zero attached hydrogens (tertiary/aromatic N) is 2. The summed E-state index contributed by atoms with van der Waals surface area (Å²) in [5.74, 6) is 0.636. The molecule has 0 aliphatic carbocycles. The van der Waals surface area contributed by atoms with E-state index in [4.69, 9.17) is 23.2 Å². The molecule has 166 valence electrons. The smallest absolute Gasteiger partial charge is 0.212 e. The molecule has 0 amide bonds. The first kappa shape index (κ1) is 27.2. The molecule has 0 bridgehead atoms. The van der Waals surface area contributed by atoms with E-state index in [-0.39, 0.29) is 36.1 Å². The third-order valence-electron chi connectivity index (χ3n) is 3.74. The highest BCUT2D eigenvalue weighted by Crippen LogP contribution is 2.12. The number of halogens is 3. The van der Waals surface area contributed by atoms with E-state index in [2.05, 4.69) is 34.7 Å². The first-order valence-corrected chi connectivity index (χ1v) is 10.6. The van der Waals surface area contributed by atoms with Crippen LogP contribution < -0.4 is 10.7 Å². The molecule has 4 nitrogen and oxygen atoms in total. The fourth-order valence-corrected chi connectivity index (χ4v) is 2.64. The molecule has 2 aromatic carbocycles. The molecule has 7 heteroatoms. The lowest BCUT2D eigenvalue weighted by Gasteiger charge is -2.13. The van der Waals surface area contributed by atoms with Gasteiger partial charge in [0, 0.05) is 22.1 Å². The summed E-state index contributed by atoms with van der Waals surface area (Å²) in [6.07, 6.45) is 7.84. The van der Waals surface area contributed by atoms with Crippen molar-refractivity contribution in [3.05, 3.63) is 81.9 Å². The van der Waals surface area contributed by atoms with Crippen molar-refractivity contribution in [2.24, 2.45) is 10.1 Å². The van der Waals surface area contributed by atoms with E-state index >= 15 is 0 Å². The minimum atomic E-state index is 0. The van der Waals surface area contributed by atoms with Gasteiger partial charge >= 0.3 is 0 Å². The Bertz CT molecular complexity index is 858. The number of guanidine groups is 1. The van der Waals surface area contributed by atoms with Crippen LogP contribution in [0.15, 0.2) is 70.8 Å². The van der Waals surface area contributed by atoms with Gasteiger partial charge in [-0.2, -0.15) is 5.10 Å². The number of aliphatic imine (C=N–C) groups is 1. The lowest BCUT2D eigenvalue weighted by atomic mass is 10.1. The van der Waals surface area contributed by atoms with Crippen molar-refractivity contribution in [2.75, 3.05) is 0 Å². The molecule has 0 saturated carbocycles. The second-order valence-corrected chi connectivity index (χ2v) is 8.16. The molecular formula is C24H29Cl2IN4. The van der Waals surface area contributed by atoms with Crippen LogP contribution in [0.2, 0.25) is 10.0 Å². The summed E-state index contributed by atoms with van der Waals surface area (Å²) in [7, 11) is 0. The van der Waals surface area contributed by atoms with Gasteiger partial charge in [0.05, 0.1) is 5.71 Å². The first-order chi connectivity index (χ1) is 14.3. The fraction of sp³-hybridized carbons (Fsp3) is 0.250. The van der Waals surface area contributed by atoms with Crippen LogP contribution in [0.1, 0.15) is 38.8 Å². The van der Waals surface area contributed by atoms with Crippen LogP contribution in [0.4, 0.5) is 0 Å². The number of allylic oxidation sites excluding steroid dienone is 2. The highest BCUT2D eigenvalue weighted by molar-refractivity contribution is 14.0. The average molecular weight is 571 g/mol. The molecule has 2 rings (SSSR count). The van der Waals surface area contributed by atoms with Gasteiger partial charge in [0.25, 0.3) is 0 Å². The SMILES string of the molecule is CC(C)N=C(NN=C(C=Cc1ccc(Cl)cc1)C=Cc1ccc(Cl)cc1)NC(C)C.I. The molecule has 31 heavy (non-hydrogen) atoms. The third-order valence-corrected chi connectivity index (χ3v) is 4.24. The maximum atomic E-state index is 5.97. The molecule has 0 spiro atoms. The number of rotatable bonds is 7. The maximum Gasteiger partial charge on any atom is 0.212 e. The van der Waals surface area contributed by atoms with Crippen LogP contribution in [0.5, 0.6) is 0 Å². The highest BCUT2D eigenvalue weighted by atomic mass is 127. The van der Waals surface area contributed by atoms with Crippen LogP contribution >= 0.6 is 47.2 Å². The zero-order valence-electron chi connectivity index (χ0n) is 18.1. The van der Waals surface area contributed by atoms with Crippen LogP contribution in [-0.2, 0) is 0 Å². The summed E-state index contributed by atoms with van der Waals surface area (Å²) in [5.41, 5.74) is 5.86. The Labute approximate surface area is 212 Å². The summed E-state index contributed by atoms with van der Waals surface area (Å²) in [6, 6.07) is 15.7. The predicted molar refractivity (Wildman–Crippen MR) is 148 cm³/mol. The number of hydrazone groups is 1. The normalized spacial score (nSPS) is 11.8.